The van der Waals surface area contributed by atoms with Crippen LogP contribution in [0.25, 0.3) is 0 Å². The highest BCUT2D eigenvalue weighted by Gasteiger charge is 2.35. The Hall–Kier alpha value is -0.610. The van der Waals surface area contributed by atoms with E-state index in [2.05, 4.69) is 11.9 Å². The number of piperidine rings is 1. The van der Waals surface area contributed by atoms with Crippen LogP contribution in [0.3, 0.4) is 0 Å². The average molecular weight is 241 g/mol. The van der Waals surface area contributed by atoms with Gasteiger partial charge in [-0.25, -0.2) is 0 Å². The minimum Gasteiger partial charge on any atom is -0.341 e. The number of likely N-dealkylation sites (N-methyl/N-ethyl adjacent to an activating group) is 2. The van der Waals surface area contributed by atoms with Gasteiger partial charge in [-0.1, -0.05) is 6.92 Å². The molecule has 17 heavy (non-hydrogen) atoms. The maximum Gasteiger partial charge on any atom is 0.229 e. The van der Waals surface area contributed by atoms with Crippen molar-refractivity contribution < 1.29 is 4.79 Å². The zero-order chi connectivity index (χ0) is 13.1. The van der Waals surface area contributed by atoms with Crippen LogP contribution in [-0.4, -0.2) is 55.5 Å². The molecule has 0 aromatic heterocycles. The van der Waals surface area contributed by atoms with Crippen LogP contribution < -0.4 is 5.73 Å². The summed E-state index contributed by atoms with van der Waals surface area (Å²) in [4.78, 5) is 16.7. The normalized spacial score (nSPS) is 25.4. The molecule has 0 bridgehead atoms. The standard InChI is InChI=1S/C13H27N3O/c1-5-13(2,10-14)12(17)16(4)11-7-6-8-15(3)9-11/h11H,5-10,14H2,1-4H3. The van der Waals surface area contributed by atoms with E-state index in [9.17, 15) is 4.79 Å². The lowest BCUT2D eigenvalue weighted by Crippen LogP contribution is -2.52. The molecule has 1 heterocycles. The molecule has 0 aromatic rings. The van der Waals surface area contributed by atoms with E-state index in [1.807, 2.05) is 25.8 Å². The van der Waals surface area contributed by atoms with Crippen LogP contribution in [0.2, 0.25) is 0 Å². The molecular weight excluding hydrogens is 214 g/mol. The number of carbonyl (C=O) groups excluding carboxylic acids is 1. The minimum absolute atomic E-state index is 0.197. The largest absolute Gasteiger partial charge is 0.341 e. The molecule has 0 aromatic carbocycles. The van der Waals surface area contributed by atoms with E-state index in [0.717, 1.165) is 25.9 Å². The Kier molecular flexibility index (Phi) is 4.95. The quantitative estimate of drug-likeness (QED) is 0.796. The van der Waals surface area contributed by atoms with Gasteiger partial charge < -0.3 is 15.5 Å². The van der Waals surface area contributed by atoms with Crippen LogP contribution in [0.15, 0.2) is 0 Å². The monoisotopic (exact) mass is 241 g/mol. The molecule has 0 radical (unpaired) electrons. The SMILES string of the molecule is CCC(C)(CN)C(=O)N(C)C1CCCN(C)C1. The van der Waals surface area contributed by atoms with Gasteiger partial charge in [0.1, 0.15) is 0 Å². The molecule has 1 aliphatic rings. The fourth-order valence-corrected chi connectivity index (χ4v) is 2.43. The van der Waals surface area contributed by atoms with Gasteiger partial charge in [0.2, 0.25) is 5.91 Å². The second-order valence-electron chi connectivity index (χ2n) is 5.59. The molecule has 2 atom stereocenters. The summed E-state index contributed by atoms with van der Waals surface area (Å²) in [5.74, 6) is 0.197. The maximum absolute atomic E-state index is 12.5. The van der Waals surface area contributed by atoms with Gasteiger partial charge in [0.15, 0.2) is 0 Å². The van der Waals surface area contributed by atoms with Gasteiger partial charge >= 0.3 is 0 Å². The molecule has 1 amide bonds. The Labute approximate surface area is 105 Å². The molecular formula is C13H27N3O. The fourth-order valence-electron chi connectivity index (χ4n) is 2.43. The number of amides is 1. The van der Waals surface area contributed by atoms with Crippen molar-refractivity contribution >= 4 is 5.91 Å². The van der Waals surface area contributed by atoms with Crippen molar-refractivity contribution in [3.8, 4) is 0 Å². The minimum atomic E-state index is -0.398. The topological polar surface area (TPSA) is 49.6 Å². The van der Waals surface area contributed by atoms with Crippen molar-refractivity contribution in [1.29, 1.82) is 0 Å². The molecule has 2 N–H and O–H groups in total. The van der Waals surface area contributed by atoms with E-state index in [1.165, 1.54) is 6.42 Å². The molecule has 1 aliphatic heterocycles. The van der Waals surface area contributed by atoms with E-state index in [0.29, 0.717) is 12.6 Å². The summed E-state index contributed by atoms with van der Waals surface area (Å²) >= 11 is 0. The van der Waals surface area contributed by atoms with Crippen molar-refractivity contribution in [2.24, 2.45) is 11.1 Å². The summed E-state index contributed by atoms with van der Waals surface area (Å²) < 4.78 is 0. The summed E-state index contributed by atoms with van der Waals surface area (Å²) in [7, 11) is 4.04. The number of hydrogen-bond acceptors (Lipinski definition) is 3. The molecule has 0 aliphatic carbocycles. The molecule has 1 fully saturated rings. The zero-order valence-electron chi connectivity index (χ0n) is 11.7. The highest BCUT2D eigenvalue weighted by molar-refractivity contribution is 5.82. The Morgan fingerprint density at radius 3 is 2.71 bits per heavy atom. The summed E-state index contributed by atoms with van der Waals surface area (Å²) in [5.41, 5.74) is 5.36. The number of nitrogens with zero attached hydrogens (tertiary/aromatic N) is 2. The fraction of sp³-hybridized carbons (Fsp3) is 0.923. The number of likely N-dealkylation sites (tertiary alicyclic amines) is 1. The lowest BCUT2D eigenvalue weighted by molar-refractivity contribution is -0.142. The molecule has 100 valence electrons. The summed E-state index contributed by atoms with van der Waals surface area (Å²) in [6.07, 6.45) is 3.08. The average Bonchev–Trinajstić information content (AvgIpc) is 2.36. The lowest BCUT2D eigenvalue weighted by atomic mass is 9.85. The first-order valence-electron chi connectivity index (χ1n) is 6.60. The molecule has 4 heteroatoms. The van der Waals surface area contributed by atoms with Crippen molar-refractivity contribution in [3.63, 3.8) is 0 Å². The van der Waals surface area contributed by atoms with Crippen LogP contribution in [0.4, 0.5) is 0 Å². The Morgan fingerprint density at radius 2 is 2.24 bits per heavy atom. The van der Waals surface area contributed by atoms with Gasteiger partial charge in [-0.3, -0.25) is 4.79 Å². The highest BCUT2D eigenvalue weighted by atomic mass is 16.2. The van der Waals surface area contributed by atoms with Crippen LogP contribution in [0.5, 0.6) is 0 Å². The molecule has 1 saturated heterocycles. The van der Waals surface area contributed by atoms with Gasteiger partial charge in [0.05, 0.1) is 5.41 Å². The van der Waals surface area contributed by atoms with Crippen molar-refractivity contribution in [3.05, 3.63) is 0 Å². The summed E-state index contributed by atoms with van der Waals surface area (Å²) in [6, 6.07) is 0.346. The predicted molar refractivity (Wildman–Crippen MR) is 70.7 cm³/mol. The van der Waals surface area contributed by atoms with Gasteiger partial charge in [-0.05, 0) is 39.8 Å². The lowest BCUT2D eigenvalue weighted by Gasteiger charge is -2.39. The molecule has 0 saturated carbocycles. The van der Waals surface area contributed by atoms with Crippen molar-refractivity contribution in [2.45, 2.75) is 39.2 Å². The van der Waals surface area contributed by atoms with E-state index < -0.39 is 5.41 Å². The van der Waals surface area contributed by atoms with Crippen LogP contribution in [0, 0.1) is 5.41 Å². The Morgan fingerprint density at radius 1 is 1.59 bits per heavy atom. The molecule has 4 nitrogen and oxygen atoms in total. The predicted octanol–water partition coefficient (Wildman–Crippen LogP) is 0.914. The van der Waals surface area contributed by atoms with Gasteiger partial charge in [0.25, 0.3) is 0 Å². The van der Waals surface area contributed by atoms with Crippen LogP contribution in [-0.2, 0) is 4.79 Å². The highest BCUT2D eigenvalue weighted by Crippen LogP contribution is 2.25. The first-order valence-corrected chi connectivity index (χ1v) is 6.60. The van der Waals surface area contributed by atoms with E-state index in [1.54, 1.807) is 0 Å². The summed E-state index contributed by atoms with van der Waals surface area (Å²) in [5, 5.41) is 0. The second kappa shape index (κ2) is 5.83. The third-order valence-electron chi connectivity index (χ3n) is 4.21. The number of hydrogen-bond donors (Lipinski definition) is 1. The number of nitrogens with two attached hydrogens (primary N) is 1. The smallest absolute Gasteiger partial charge is 0.229 e. The second-order valence-corrected chi connectivity index (χ2v) is 5.59. The zero-order valence-corrected chi connectivity index (χ0v) is 11.7. The number of rotatable bonds is 4. The van der Waals surface area contributed by atoms with Crippen LogP contribution in [0.1, 0.15) is 33.1 Å². The molecule has 1 rings (SSSR count). The summed E-state index contributed by atoms with van der Waals surface area (Å²) in [6.45, 7) is 6.55. The Bertz CT molecular complexity index is 263. The first-order chi connectivity index (χ1) is 7.94. The van der Waals surface area contributed by atoms with Crippen molar-refractivity contribution in [1.82, 2.24) is 9.80 Å². The van der Waals surface area contributed by atoms with E-state index in [-0.39, 0.29) is 5.91 Å². The third-order valence-corrected chi connectivity index (χ3v) is 4.21. The van der Waals surface area contributed by atoms with Gasteiger partial charge in [-0.2, -0.15) is 0 Å². The number of carbonyl (C=O) groups is 1. The van der Waals surface area contributed by atoms with E-state index >= 15 is 0 Å². The Balaban J connectivity index is 2.68. The first kappa shape index (κ1) is 14.5. The third kappa shape index (κ3) is 3.19. The van der Waals surface area contributed by atoms with E-state index in [4.69, 9.17) is 5.73 Å². The molecule has 0 spiro atoms. The van der Waals surface area contributed by atoms with Gasteiger partial charge in [-0.15, -0.1) is 0 Å². The van der Waals surface area contributed by atoms with Crippen LogP contribution >= 0.6 is 0 Å². The van der Waals surface area contributed by atoms with Gasteiger partial charge in [0, 0.05) is 26.2 Å². The molecule has 2 unspecified atom stereocenters. The maximum atomic E-state index is 12.5. The van der Waals surface area contributed by atoms with Crippen molar-refractivity contribution in [2.75, 3.05) is 33.7 Å².